The summed E-state index contributed by atoms with van der Waals surface area (Å²) in [5.74, 6) is -0.562. The number of hydrogen-bond acceptors (Lipinski definition) is 9. The van der Waals surface area contributed by atoms with Crippen molar-refractivity contribution in [3.8, 4) is 17.6 Å². The van der Waals surface area contributed by atoms with Crippen LogP contribution in [0.15, 0.2) is 45.7 Å². The summed E-state index contributed by atoms with van der Waals surface area (Å²) in [6.07, 6.45) is 5.16. The molecule has 228 valence electrons. The van der Waals surface area contributed by atoms with E-state index in [4.69, 9.17) is 19.7 Å². The number of ether oxygens (including phenoxy) is 1. The number of nitrogens with one attached hydrogen (secondary N) is 1. The molecule has 0 aliphatic carbocycles. The molecule has 10 nitrogen and oxygen atoms in total. The minimum absolute atomic E-state index is 0.0458. The molecule has 4 fully saturated rings. The number of fused-ring (bicyclic) bond motifs is 5. The summed E-state index contributed by atoms with van der Waals surface area (Å²) in [6, 6.07) is 10.6. The highest BCUT2D eigenvalue weighted by molar-refractivity contribution is 5.98. The van der Waals surface area contributed by atoms with Gasteiger partial charge in [0.2, 0.25) is 5.88 Å². The quantitative estimate of drug-likeness (QED) is 0.336. The topological polar surface area (TPSA) is 122 Å². The molecule has 2 aromatic heterocycles. The number of rotatable bonds is 6. The van der Waals surface area contributed by atoms with Gasteiger partial charge >= 0.3 is 0 Å². The number of nitriles is 1. The highest BCUT2D eigenvalue weighted by atomic mass is 19.1. The maximum Gasteiger partial charge on any atom is 0.294 e. The van der Waals surface area contributed by atoms with Crippen LogP contribution in [-0.4, -0.2) is 66.2 Å². The predicted molar refractivity (Wildman–Crippen MR) is 160 cm³/mol. The van der Waals surface area contributed by atoms with Crippen LogP contribution in [0.5, 0.6) is 11.5 Å². The molecule has 0 saturated carbocycles. The minimum Gasteiger partial charge on any atom is -0.456 e. The number of piperazine rings is 1. The lowest BCUT2D eigenvalue weighted by molar-refractivity contribution is 0.0204. The van der Waals surface area contributed by atoms with E-state index in [1.807, 2.05) is 12.1 Å². The van der Waals surface area contributed by atoms with Gasteiger partial charge in [-0.15, -0.1) is 4.73 Å². The van der Waals surface area contributed by atoms with Crippen LogP contribution in [0.1, 0.15) is 37.7 Å². The lowest BCUT2D eigenvalue weighted by Gasteiger charge is -2.36. The first-order valence-electron chi connectivity index (χ1n) is 15.1. The summed E-state index contributed by atoms with van der Waals surface area (Å²) >= 11 is 0. The molecular weight excluding hydrogens is 570 g/mol. The Labute approximate surface area is 251 Å². The van der Waals surface area contributed by atoms with E-state index in [2.05, 4.69) is 15.1 Å². The fraction of sp³-hybridized carbons (Fsp3) is 0.438. The van der Waals surface area contributed by atoms with Crippen LogP contribution in [0, 0.1) is 17.1 Å². The van der Waals surface area contributed by atoms with Gasteiger partial charge in [0.25, 0.3) is 5.56 Å². The van der Waals surface area contributed by atoms with Gasteiger partial charge in [0.05, 0.1) is 28.2 Å². The maximum atomic E-state index is 14.6. The molecule has 8 rings (SSSR count). The Morgan fingerprint density at radius 2 is 1.93 bits per heavy atom. The molecule has 4 atom stereocenters. The maximum absolute atomic E-state index is 14.6. The van der Waals surface area contributed by atoms with E-state index >= 15 is 0 Å². The molecule has 0 spiro atoms. The van der Waals surface area contributed by atoms with Crippen LogP contribution < -0.4 is 31.1 Å². The summed E-state index contributed by atoms with van der Waals surface area (Å²) in [5, 5.41) is 14.4. The van der Waals surface area contributed by atoms with Crippen molar-refractivity contribution in [3.05, 3.63) is 58.3 Å². The highest BCUT2D eigenvalue weighted by Gasteiger charge is 2.49. The Hall–Kier alpha value is -4.34. The van der Waals surface area contributed by atoms with Gasteiger partial charge in [-0.1, -0.05) is 12.1 Å². The average Bonchev–Trinajstić information content (AvgIpc) is 3.74. The van der Waals surface area contributed by atoms with Crippen molar-refractivity contribution in [2.24, 2.45) is 0 Å². The van der Waals surface area contributed by atoms with Crippen molar-refractivity contribution < 1.29 is 22.8 Å². The lowest BCUT2D eigenvalue weighted by Crippen LogP contribution is -2.51. The molecule has 12 heteroatoms. The van der Waals surface area contributed by atoms with Gasteiger partial charge in [-0.05, 0) is 50.4 Å². The Kier molecular flexibility index (Phi) is 6.25. The zero-order chi connectivity index (χ0) is 30.2. The summed E-state index contributed by atoms with van der Waals surface area (Å²) in [5.41, 5.74) is 5.59. The van der Waals surface area contributed by atoms with Crippen LogP contribution in [0.2, 0.25) is 0 Å². The molecule has 0 amide bonds. The number of nitrogens with two attached hydrogens (primary N) is 1. The third-order valence-corrected chi connectivity index (χ3v) is 9.86. The molecule has 4 aromatic rings. The Morgan fingerprint density at radius 1 is 1.14 bits per heavy atom. The van der Waals surface area contributed by atoms with E-state index in [1.165, 1.54) is 16.9 Å². The normalized spacial score (nSPS) is 26.4. The van der Waals surface area contributed by atoms with E-state index in [0.717, 1.165) is 51.0 Å². The van der Waals surface area contributed by atoms with Gasteiger partial charge in [-0.3, -0.25) is 9.69 Å². The second kappa shape index (κ2) is 10.1. The van der Waals surface area contributed by atoms with Gasteiger partial charge in [0.1, 0.15) is 35.9 Å². The third-order valence-electron chi connectivity index (χ3n) is 9.86. The summed E-state index contributed by atoms with van der Waals surface area (Å²) in [7, 11) is 0. The molecule has 4 aliphatic rings. The first-order valence-corrected chi connectivity index (χ1v) is 15.1. The third kappa shape index (κ3) is 4.21. The number of pyridine rings is 1. The second-order valence-corrected chi connectivity index (χ2v) is 12.5. The molecule has 3 N–H and O–H groups in total. The number of furan rings is 1. The first-order chi connectivity index (χ1) is 21.3. The van der Waals surface area contributed by atoms with E-state index in [1.54, 1.807) is 18.3 Å². The van der Waals surface area contributed by atoms with Gasteiger partial charge in [-0.25, -0.2) is 8.78 Å². The minimum atomic E-state index is -0.915. The number of alkyl halides is 1. The van der Waals surface area contributed by atoms with Gasteiger partial charge in [0, 0.05) is 43.5 Å². The molecule has 4 saturated heterocycles. The smallest absolute Gasteiger partial charge is 0.294 e. The number of aromatic nitrogens is 1. The van der Waals surface area contributed by atoms with Crippen LogP contribution in [0.25, 0.3) is 21.7 Å². The summed E-state index contributed by atoms with van der Waals surface area (Å²) in [4.78, 5) is 24.9. The monoisotopic (exact) mass is 602 g/mol. The molecule has 44 heavy (non-hydrogen) atoms. The SMILES string of the molecule is N#Cc1c(N)oc2c(F)ccc(Oc3cccc4c(N5CC6CCC(C5)N6)cn(OCC56CCCN5C[C@H](F)C6)c(=O)c34)c12. The molecule has 4 aliphatic heterocycles. The zero-order valence-corrected chi connectivity index (χ0v) is 24.0. The van der Waals surface area contributed by atoms with E-state index in [0.29, 0.717) is 30.4 Å². The van der Waals surface area contributed by atoms with E-state index in [-0.39, 0.29) is 45.9 Å². The fourth-order valence-electron chi connectivity index (χ4n) is 7.85. The summed E-state index contributed by atoms with van der Waals surface area (Å²) in [6.45, 7) is 2.94. The van der Waals surface area contributed by atoms with Gasteiger partial charge in [0.15, 0.2) is 11.4 Å². The standard InChI is InChI=1S/C32H32F2N6O4/c33-18-11-32(9-2-10-39(32)13-18)17-42-40-16-24(38-14-19-5-6-20(15-38)37-19)21-3-1-4-25(28(21)31(40)41)43-26-8-7-23(34)29-27(26)22(12-35)30(36)44-29/h1,3-4,7-8,16,18-20,37H,2,5-6,9-11,13-15,17,36H2/t18-,19?,20?,32?/m1/s1. The fourth-order valence-corrected chi connectivity index (χ4v) is 7.85. The molecule has 6 heterocycles. The second-order valence-electron chi connectivity index (χ2n) is 12.5. The van der Waals surface area contributed by atoms with Crippen molar-refractivity contribution in [3.63, 3.8) is 0 Å². The summed E-state index contributed by atoms with van der Waals surface area (Å²) < 4.78 is 42.1. The molecule has 3 unspecified atom stereocenters. The van der Waals surface area contributed by atoms with Gasteiger partial charge in [-0.2, -0.15) is 5.26 Å². The molecular formula is C32H32F2N6O4. The van der Waals surface area contributed by atoms with Crippen molar-refractivity contribution in [2.75, 3.05) is 43.4 Å². The van der Waals surface area contributed by atoms with Crippen LogP contribution in [0.4, 0.5) is 20.4 Å². The van der Waals surface area contributed by atoms with Crippen molar-refractivity contribution in [1.29, 1.82) is 5.26 Å². The van der Waals surface area contributed by atoms with Crippen LogP contribution >= 0.6 is 0 Å². The number of nitrogen functional groups attached to an aromatic ring is 1. The average molecular weight is 603 g/mol. The number of anilines is 2. The van der Waals surface area contributed by atoms with Crippen LogP contribution in [0.3, 0.4) is 0 Å². The molecule has 2 aromatic carbocycles. The van der Waals surface area contributed by atoms with Crippen molar-refractivity contribution >= 4 is 33.3 Å². The van der Waals surface area contributed by atoms with E-state index < -0.39 is 23.1 Å². The first kappa shape index (κ1) is 27.2. The van der Waals surface area contributed by atoms with Crippen molar-refractivity contribution in [2.45, 2.75) is 55.9 Å². The Morgan fingerprint density at radius 3 is 2.73 bits per heavy atom. The molecule has 0 radical (unpaired) electrons. The zero-order valence-electron chi connectivity index (χ0n) is 24.0. The Balaban J connectivity index is 1.25. The Bertz CT molecular complexity index is 1890. The number of nitrogens with zero attached hydrogens (tertiary/aromatic N) is 4. The predicted octanol–water partition coefficient (Wildman–Crippen LogP) is 4.08. The van der Waals surface area contributed by atoms with Crippen molar-refractivity contribution in [1.82, 2.24) is 14.9 Å². The highest BCUT2D eigenvalue weighted by Crippen LogP contribution is 2.42. The number of halogens is 2. The largest absolute Gasteiger partial charge is 0.456 e. The lowest BCUT2D eigenvalue weighted by atomic mass is 9.95. The number of benzene rings is 2. The number of hydrogen-bond donors (Lipinski definition) is 2. The van der Waals surface area contributed by atoms with Crippen LogP contribution in [-0.2, 0) is 0 Å². The molecule has 2 bridgehead atoms. The van der Waals surface area contributed by atoms with Gasteiger partial charge < -0.3 is 29.9 Å². The van der Waals surface area contributed by atoms with E-state index in [9.17, 15) is 18.8 Å².